The van der Waals surface area contributed by atoms with Gasteiger partial charge in [0, 0.05) is 98.8 Å². The van der Waals surface area contributed by atoms with E-state index in [0.717, 1.165) is 106 Å². The number of fused-ring (bicyclic) bond motifs is 1. The molecule has 0 spiro atoms. The second kappa shape index (κ2) is 17.6. The number of imide groups is 1. The van der Waals surface area contributed by atoms with Crippen LogP contribution in [0.1, 0.15) is 75.8 Å². The number of nitrogens with zero attached hydrogens (tertiary/aromatic N) is 7. The molecule has 318 valence electrons. The number of benzene rings is 2. The van der Waals surface area contributed by atoms with Gasteiger partial charge in [-0.05, 0) is 100 Å². The average Bonchev–Trinajstić information content (AvgIpc) is 3.60. The van der Waals surface area contributed by atoms with Crippen LogP contribution < -0.4 is 26.4 Å². The van der Waals surface area contributed by atoms with E-state index in [2.05, 4.69) is 53.9 Å². The van der Waals surface area contributed by atoms with E-state index in [1.54, 1.807) is 42.6 Å². The minimum absolute atomic E-state index is 0.0615. The molecule has 2 aliphatic carbocycles. The number of amides is 3. The summed E-state index contributed by atoms with van der Waals surface area (Å²) in [5.74, 6) is -0.235. The van der Waals surface area contributed by atoms with Crippen molar-refractivity contribution in [3.05, 3.63) is 94.9 Å². The normalized spacial score (nSPS) is 23.8. The molecule has 1 unspecified atom stereocenters. The maximum absolute atomic E-state index is 15.0. The highest BCUT2D eigenvalue weighted by molar-refractivity contribution is 6.02. The predicted molar refractivity (Wildman–Crippen MR) is 231 cm³/mol. The van der Waals surface area contributed by atoms with Gasteiger partial charge in [-0.2, -0.15) is 5.10 Å². The standard InChI is InChI=1S/C46H53FN10O4/c1-54-39-26-34(16-17-36(39)43(53-54)37-18-19-40(58)51-45(37)61)56-23-21-55(22-24-56)28-29-8-10-30(11-9-29)44(60)49-32-12-14-33(15-13-32)50-46-48-27-38(47)42(52-46)31-5-4-6-35(25-31)57-20-3-2-7-41(57)59/h2-7,16-17,20,25-27,29-30,32-33,37H,8-15,18-19,21-24,28H2,1H3,(H,49,60)(H,48,50,52)(H,51,58,61). The summed E-state index contributed by atoms with van der Waals surface area (Å²) in [7, 11) is 1.91. The number of aryl methyl sites for hydroxylation is 1. The molecule has 4 fully saturated rings. The summed E-state index contributed by atoms with van der Waals surface area (Å²) < 4.78 is 18.3. The molecule has 2 saturated heterocycles. The zero-order valence-electron chi connectivity index (χ0n) is 34.6. The van der Waals surface area contributed by atoms with Crippen LogP contribution >= 0.6 is 0 Å². The van der Waals surface area contributed by atoms with E-state index in [1.807, 2.05) is 11.7 Å². The van der Waals surface area contributed by atoms with E-state index in [4.69, 9.17) is 5.10 Å². The number of hydrogen-bond acceptors (Lipinski definition) is 10. The Morgan fingerprint density at radius 1 is 0.852 bits per heavy atom. The smallest absolute Gasteiger partial charge is 0.255 e. The molecule has 15 heteroatoms. The molecular weight excluding hydrogens is 776 g/mol. The molecule has 61 heavy (non-hydrogen) atoms. The van der Waals surface area contributed by atoms with Crippen molar-refractivity contribution < 1.29 is 18.8 Å². The topological polar surface area (TPSA) is 159 Å². The van der Waals surface area contributed by atoms with Gasteiger partial charge >= 0.3 is 0 Å². The lowest BCUT2D eigenvalue weighted by molar-refractivity contribution is -0.134. The molecule has 4 aliphatic rings. The van der Waals surface area contributed by atoms with Gasteiger partial charge < -0.3 is 15.5 Å². The van der Waals surface area contributed by atoms with Crippen LogP contribution in [0.25, 0.3) is 27.8 Å². The number of carbonyl (C=O) groups excluding carboxylic acids is 3. The zero-order valence-corrected chi connectivity index (χ0v) is 34.6. The second-order valence-electron chi connectivity index (χ2n) is 17.3. The summed E-state index contributed by atoms with van der Waals surface area (Å²) in [6.07, 6.45) is 11.0. The number of rotatable bonds is 10. The minimum atomic E-state index is -0.538. The van der Waals surface area contributed by atoms with Gasteiger partial charge in [-0.1, -0.05) is 18.2 Å². The molecule has 3 aromatic heterocycles. The highest BCUT2D eigenvalue weighted by atomic mass is 19.1. The largest absolute Gasteiger partial charge is 0.369 e. The van der Waals surface area contributed by atoms with Crippen molar-refractivity contribution in [2.24, 2.45) is 18.9 Å². The highest BCUT2D eigenvalue weighted by Gasteiger charge is 2.33. The van der Waals surface area contributed by atoms with Crippen molar-refractivity contribution in [3.63, 3.8) is 0 Å². The first-order valence-corrected chi connectivity index (χ1v) is 21.8. The number of carbonyl (C=O) groups is 3. The van der Waals surface area contributed by atoms with Crippen molar-refractivity contribution in [2.45, 2.75) is 82.2 Å². The number of nitrogens with one attached hydrogen (secondary N) is 3. The number of aromatic nitrogens is 5. The Balaban J connectivity index is 0.703. The quantitative estimate of drug-likeness (QED) is 0.158. The molecule has 3 amide bonds. The summed E-state index contributed by atoms with van der Waals surface area (Å²) >= 11 is 0. The SMILES string of the molecule is Cn1nc(C2CCC(=O)NC2=O)c2ccc(N3CCN(CC4CCC(C(=O)NC5CCC(Nc6ncc(F)c(-c7cccc(-n8ccccc8=O)c7)n6)CC5)CC4)CC3)cc21. The average molecular weight is 829 g/mol. The predicted octanol–water partition coefficient (Wildman–Crippen LogP) is 5.31. The van der Waals surface area contributed by atoms with Gasteiger partial charge in [0.1, 0.15) is 5.69 Å². The Hall–Kier alpha value is -5.96. The van der Waals surface area contributed by atoms with E-state index in [1.165, 1.54) is 16.8 Å². The number of anilines is 2. The van der Waals surface area contributed by atoms with Gasteiger partial charge in [-0.25, -0.2) is 14.4 Å². The molecule has 1 atom stereocenters. The van der Waals surface area contributed by atoms with E-state index in [9.17, 15) is 23.6 Å². The molecular formula is C46H53FN10O4. The Labute approximate surface area is 353 Å². The Bertz CT molecular complexity index is 2480. The van der Waals surface area contributed by atoms with Gasteiger partial charge in [0.25, 0.3) is 5.56 Å². The third-order valence-corrected chi connectivity index (χ3v) is 13.3. The molecule has 9 rings (SSSR count). The van der Waals surface area contributed by atoms with Crippen LogP contribution in [0.5, 0.6) is 0 Å². The Kier molecular flexibility index (Phi) is 11.6. The molecule has 2 saturated carbocycles. The van der Waals surface area contributed by atoms with E-state index in [-0.39, 0.29) is 47.0 Å². The Morgan fingerprint density at radius 2 is 1.64 bits per heavy atom. The van der Waals surface area contributed by atoms with Crippen LogP contribution in [0, 0.1) is 17.7 Å². The molecule has 5 aromatic rings. The summed E-state index contributed by atoms with van der Waals surface area (Å²) in [5.41, 5.74) is 4.05. The van der Waals surface area contributed by atoms with Gasteiger partial charge in [0.2, 0.25) is 23.7 Å². The van der Waals surface area contributed by atoms with Gasteiger partial charge in [0.05, 0.1) is 23.3 Å². The highest BCUT2D eigenvalue weighted by Crippen LogP contribution is 2.34. The van der Waals surface area contributed by atoms with Gasteiger partial charge in [0.15, 0.2) is 5.82 Å². The Morgan fingerprint density at radius 3 is 2.41 bits per heavy atom. The lowest BCUT2D eigenvalue weighted by atomic mass is 9.81. The lowest BCUT2D eigenvalue weighted by Gasteiger charge is -2.39. The fourth-order valence-corrected chi connectivity index (χ4v) is 9.81. The summed E-state index contributed by atoms with van der Waals surface area (Å²) in [6, 6.07) is 18.7. The molecule has 3 N–H and O–H groups in total. The second-order valence-corrected chi connectivity index (χ2v) is 17.3. The third-order valence-electron chi connectivity index (χ3n) is 13.3. The monoisotopic (exact) mass is 828 g/mol. The van der Waals surface area contributed by atoms with Crippen molar-refractivity contribution in [3.8, 4) is 16.9 Å². The van der Waals surface area contributed by atoms with Crippen LogP contribution in [0.4, 0.5) is 16.0 Å². The molecule has 0 radical (unpaired) electrons. The van der Waals surface area contributed by atoms with Crippen LogP contribution in [0.2, 0.25) is 0 Å². The number of halogens is 1. The van der Waals surface area contributed by atoms with Crippen molar-refractivity contribution in [1.82, 2.24) is 39.8 Å². The molecule has 5 heterocycles. The first kappa shape index (κ1) is 40.4. The maximum Gasteiger partial charge on any atom is 0.255 e. The van der Waals surface area contributed by atoms with E-state index in [0.29, 0.717) is 36.0 Å². The molecule has 0 bridgehead atoms. The van der Waals surface area contributed by atoms with Crippen molar-refractivity contribution >= 4 is 40.3 Å². The number of piperazine rings is 1. The number of hydrogen-bond donors (Lipinski definition) is 3. The van der Waals surface area contributed by atoms with Crippen molar-refractivity contribution in [2.75, 3.05) is 42.9 Å². The fourth-order valence-electron chi connectivity index (χ4n) is 9.81. The van der Waals surface area contributed by atoms with E-state index >= 15 is 0 Å². The van der Waals surface area contributed by atoms with Crippen LogP contribution in [-0.2, 0) is 21.4 Å². The first-order chi connectivity index (χ1) is 29.6. The minimum Gasteiger partial charge on any atom is -0.369 e. The number of pyridine rings is 1. The molecule has 14 nitrogen and oxygen atoms in total. The molecule has 2 aliphatic heterocycles. The third kappa shape index (κ3) is 8.93. The van der Waals surface area contributed by atoms with Crippen LogP contribution in [0.15, 0.2) is 77.9 Å². The number of piperidine rings is 1. The van der Waals surface area contributed by atoms with Gasteiger partial charge in [-0.3, -0.25) is 38.6 Å². The molecule has 2 aromatic carbocycles. The lowest BCUT2D eigenvalue weighted by Crippen LogP contribution is -2.48. The van der Waals surface area contributed by atoms with E-state index < -0.39 is 11.7 Å². The van der Waals surface area contributed by atoms with Gasteiger partial charge in [-0.15, -0.1) is 0 Å². The maximum atomic E-state index is 15.0. The fraction of sp³-hybridized carbons (Fsp3) is 0.457. The first-order valence-electron chi connectivity index (χ1n) is 21.8. The summed E-state index contributed by atoms with van der Waals surface area (Å²) in [5, 5.41) is 14.9. The van der Waals surface area contributed by atoms with Crippen LogP contribution in [-0.4, -0.2) is 91.7 Å². The summed E-state index contributed by atoms with van der Waals surface area (Å²) in [4.78, 5) is 63.8. The van der Waals surface area contributed by atoms with Crippen LogP contribution in [0.3, 0.4) is 0 Å². The zero-order chi connectivity index (χ0) is 42.0. The summed E-state index contributed by atoms with van der Waals surface area (Å²) in [6.45, 7) is 4.92. The van der Waals surface area contributed by atoms with Crippen molar-refractivity contribution in [1.29, 1.82) is 0 Å².